The van der Waals surface area contributed by atoms with Crippen LogP contribution in [-0.2, 0) is 20.5 Å². The Bertz CT molecular complexity index is 722. The second-order valence-corrected chi connectivity index (χ2v) is 10.0. The molecule has 2 N–H and O–H groups in total. The van der Waals surface area contributed by atoms with Gasteiger partial charge in [0.15, 0.2) is 0 Å². The highest BCUT2D eigenvalue weighted by Crippen LogP contribution is 2.28. The molecule has 8 heteroatoms. The third-order valence-electron chi connectivity index (χ3n) is 4.90. The van der Waals surface area contributed by atoms with Gasteiger partial charge in [-0.05, 0) is 26.7 Å². The lowest BCUT2D eigenvalue weighted by Gasteiger charge is -2.32. The van der Waals surface area contributed by atoms with Gasteiger partial charge in [-0.1, -0.05) is 34.6 Å². The van der Waals surface area contributed by atoms with E-state index in [2.05, 4.69) is 31.4 Å². The minimum atomic E-state index is -0.596. The summed E-state index contributed by atoms with van der Waals surface area (Å²) >= 11 is 0. The first-order chi connectivity index (χ1) is 13.3. The second kappa shape index (κ2) is 8.73. The van der Waals surface area contributed by atoms with Crippen molar-refractivity contribution in [3.05, 3.63) is 11.8 Å². The molecule has 1 aromatic heterocycles. The summed E-state index contributed by atoms with van der Waals surface area (Å²) in [5.74, 6) is 0.508. The summed E-state index contributed by atoms with van der Waals surface area (Å²) in [6, 6.07) is 0.899. The number of ether oxygens (including phenoxy) is 1. The first-order valence-corrected chi connectivity index (χ1v) is 10.4. The molecule has 0 radical (unpaired) electrons. The zero-order valence-corrected chi connectivity index (χ0v) is 19.1. The smallest absolute Gasteiger partial charge is 0.321 e. The van der Waals surface area contributed by atoms with Crippen molar-refractivity contribution < 1.29 is 14.3 Å². The van der Waals surface area contributed by atoms with Crippen molar-refractivity contribution in [2.24, 2.45) is 5.92 Å². The average Bonchev–Trinajstić information content (AvgIpc) is 3.04. The van der Waals surface area contributed by atoms with E-state index in [0.29, 0.717) is 32.1 Å². The number of hydrogen-bond donors (Lipinski definition) is 2. The number of hydrogen-bond acceptors (Lipinski definition) is 4. The molecule has 0 saturated carbocycles. The highest BCUT2D eigenvalue weighted by Gasteiger charge is 2.31. The Morgan fingerprint density at radius 2 is 1.69 bits per heavy atom. The summed E-state index contributed by atoms with van der Waals surface area (Å²) in [5, 5.41) is 10.5. The monoisotopic (exact) mass is 407 g/mol. The van der Waals surface area contributed by atoms with Gasteiger partial charge in [-0.15, -0.1) is 0 Å². The van der Waals surface area contributed by atoms with E-state index in [0.717, 1.165) is 5.69 Å². The molecule has 8 nitrogen and oxygen atoms in total. The number of carbonyl (C=O) groups is 2. The normalized spacial score (nSPS) is 16.7. The molecule has 0 spiro atoms. The van der Waals surface area contributed by atoms with Gasteiger partial charge in [0, 0.05) is 24.6 Å². The Morgan fingerprint density at radius 3 is 2.17 bits per heavy atom. The predicted molar refractivity (Wildman–Crippen MR) is 114 cm³/mol. The van der Waals surface area contributed by atoms with Gasteiger partial charge in [-0.2, -0.15) is 5.10 Å². The van der Waals surface area contributed by atoms with Gasteiger partial charge >= 0.3 is 6.03 Å². The van der Waals surface area contributed by atoms with Crippen LogP contribution >= 0.6 is 0 Å². The molecule has 164 valence electrons. The van der Waals surface area contributed by atoms with Gasteiger partial charge in [0.1, 0.15) is 11.9 Å². The van der Waals surface area contributed by atoms with Gasteiger partial charge in [0.05, 0.1) is 24.4 Å². The van der Waals surface area contributed by atoms with Crippen LogP contribution in [0.5, 0.6) is 0 Å². The number of nitrogens with zero attached hydrogens (tertiary/aromatic N) is 3. The largest absolute Gasteiger partial charge is 0.378 e. The van der Waals surface area contributed by atoms with E-state index >= 15 is 0 Å². The molecule has 29 heavy (non-hydrogen) atoms. The molecule has 1 fully saturated rings. The van der Waals surface area contributed by atoms with E-state index in [1.54, 1.807) is 4.90 Å². The molecule has 1 atom stereocenters. The van der Waals surface area contributed by atoms with E-state index in [1.165, 1.54) is 0 Å². The number of carbonyl (C=O) groups excluding carboxylic acids is 2. The zero-order chi connectivity index (χ0) is 22.0. The number of nitrogens with one attached hydrogen (secondary N) is 2. The maximum absolute atomic E-state index is 12.9. The Morgan fingerprint density at radius 1 is 1.10 bits per heavy atom. The van der Waals surface area contributed by atoms with Crippen molar-refractivity contribution in [2.75, 3.05) is 31.6 Å². The molecular weight excluding hydrogens is 370 g/mol. The fourth-order valence-electron chi connectivity index (χ4n) is 3.14. The Kier molecular flexibility index (Phi) is 6.98. The Hall–Kier alpha value is -2.09. The van der Waals surface area contributed by atoms with Gasteiger partial charge in [0.25, 0.3) is 0 Å². The molecule has 0 aliphatic carbocycles. The summed E-state index contributed by atoms with van der Waals surface area (Å²) in [6.07, 6.45) is 0. The number of aromatic nitrogens is 2. The van der Waals surface area contributed by atoms with Crippen LogP contribution < -0.4 is 10.6 Å². The van der Waals surface area contributed by atoms with Crippen molar-refractivity contribution in [2.45, 2.75) is 72.4 Å². The maximum atomic E-state index is 12.9. The average molecular weight is 408 g/mol. The molecule has 2 rings (SSSR count). The van der Waals surface area contributed by atoms with Crippen LogP contribution in [0.15, 0.2) is 6.07 Å². The SMILES string of the molecule is CC(C)C(NC(=O)Nc1cc(C(C)(C)C)nn1C(C)(C)C)C(=O)N1CCOCC1. The lowest BCUT2D eigenvalue weighted by atomic mass is 9.92. The Balaban J connectivity index is 2.17. The summed E-state index contributed by atoms with van der Waals surface area (Å²) in [4.78, 5) is 27.4. The standard InChI is InChI=1S/C21H37N5O3/c1-14(2)17(18(27)25-9-11-29-12-10-25)23-19(28)22-16-13-15(20(3,4)5)24-26(16)21(6,7)8/h13-14,17H,9-12H2,1-8H3,(H2,22,23,28). The van der Waals surface area contributed by atoms with Crippen molar-refractivity contribution in [3.63, 3.8) is 0 Å². The highest BCUT2D eigenvalue weighted by atomic mass is 16.5. The third kappa shape index (κ3) is 5.95. The van der Waals surface area contributed by atoms with Crippen LogP contribution in [0, 0.1) is 5.92 Å². The van der Waals surface area contributed by atoms with E-state index < -0.39 is 12.1 Å². The molecule has 1 saturated heterocycles. The van der Waals surface area contributed by atoms with Crippen LogP contribution in [0.2, 0.25) is 0 Å². The molecule has 1 aliphatic heterocycles. The van der Waals surface area contributed by atoms with Crippen LogP contribution in [-0.4, -0.2) is 59.0 Å². The minimum Gasteiger partial charge on any atom is -0.378 e. The second-order valence-electron chi connectivity index (χ2n) is 10.0. The number of amides is 3. The molecule has 1 unspecified atom stereocenters. The lowest BCUT2D eigenvalue weighted by molar-refractivity contribution is -0.138. The van der Waals surface area contributed by atoms with Gasteiger partial charge in [-0.25, -0.2) is 9.48 Å². The number of morpholine rings is 1. The summed E-state index contributed by atoms with van der Waals surface area (Å²) < 4.78 is 7.14. The lowest BCUT2D eigenvalue weighted by Crippen LogP contribution is -2.54. The van der Waals surface area contributed by atoms with E-state index in [4.69, 9.17) is 9.84 Å². The molecule has 0 bridgehead atoms. The molecule has 2 heterocycles. The first kappa shape index (κ1) is 23.2. The summed E-state index contributed by atoms with van der Waals surface area (Å²) in [5.41, 5.74) is 0.455. The van der Waals surface area contributed by atoms with Gasteiger partial charge in [-0.3, -0.25) is 10.1 Å². The van der Waals surface area contributed by atoms with Crippen LogP contribution in [0.1, 0.15) is 61.1 Å². The van der Waals surface area contributed by atoms with Crippen LogP contribution in [0.4, 0.5) is 10.6 Å². The summed E-state index contributed by atoms with van der Waals surface area (Å²) in [6.45, 7) is 18.4. The third-order valence-corrected chi connectivity index (χ3v) is 4.90. The first-order valence-electron chi connectivity index (χ1n) is 10.4. The zero-order valence-electron chi connectivity index (χ0n) is 19.1. The molecule has 1 aromatic rings. The fourth-order valence-corrected chi connectivity index (χ4v) is 3.14. The number of urea groups is 1. The topological polar surface area (TPSA) is 88.5 Å². The van der Waals surface area contributed by atoms with Gasteiger partial charge < -0.3 is 15.0 Å². The number of rotatable bonds is 4. The highest BCUT2D eigenvalue weighted by molar-refractivity contribution is 5.93. The van der Waals surface area contributed by atoms with Crippen LogP contribution in [0.25, 0.3) is 0 Å². The molecule has 3 amide bonds. The molecular formula is C21H37N5O3. The number of anilines is 1. The van der Waals surface area contributed by atoms with Crippen molar-refractivity contribution in [1.82, 2.24) is 20.0 Å². The van der Waals surface area contributed by atoms with Crippen molar-refractivity contribution in [1.29, 1.82) is 0 Å². The quantitative estimate of drug-likeness (QED) is 0.803. The maximum Gasteiger partial charge on any atom is 0.321 e. The van der Waals surface area contributed by atoms with E-state index in [-0.39, 0.29) is 22.8 Å². The summed E-state index contributed by atoms with van der Waals surface area (Å²) in [7, 11) is 0. The van der Waals surface area contributed by atoms with Gasteiger partial charge in [0.2, 0.25) is 5.91 Å². The van der Waals surface area contributed by atoms with E-state index in [1.807, 2.05) is 45.4 Å². The molecule has 0 aromatic carbocycles. The van der Waals surface area contributed by atoms with E-state index in [9.17, 15) is 9.59 Å². The molecule has 1 aliphatic rings. The minimum absolute atomic E-state index is 0.0336. The fraction of sp³-hybridized carbons (Fsp3) is 0.762. The van der Waals surface area contributed by atoms with Crippen LogP contribution in [0.3, 0.4) is 0 Å². The van der Waals surface area contributed by atoms with Crippen molar-refractivity contribution >= 4 is 17.8 Å². The Labute approximate surface area is 174 Å². The van der Waals surface area contributed by atoms with Crippen molar-refractivity contribution in [3.8, 4) is 0 Å². The predicted octanol–water partition coefficient (Wildman–Crippen LogP) is 2.94.